The van der Waals surface area contributed by atoms with E-state index in [0.717, 1.165) is 29.7 Å². The highest BCUT2D eigenvalue weighted by molar-refractivity contribution is 5.99. The summed E-state index contributed by atoms with van der Waals surface area (Å²) in [5, 5.41) is 0. The minimum atomic E-state index is 0.114. The predicted molar refractivity (Wildman–Crippen MR) is 79.5 cm³/mol. The van der Waals surface area contributed by atoms with Crippen LogP contribution in [0, 0.1) is 0 Å². The van der Waals surface area contributed by atoms with E-state index >= 15 is 0 Å². The van der Waals surface area contributed by atoms with Crippen LogP contribution in [-0.4, -0.2) is 25.5 Å². The van der Waals surface area contributed by atoms with Gasteiger partial charge in [0.2, 0.25) is 0 Å². The van der Waals surface area contributed by atoms with Crippen molar-refractivity contribution >= 4 is 17.5 Å². The van der Waals surface area contributed by atoms with E-state index in [1.165, 1.54) is 42.7 Å². The molecule has 0 aromatic heterocycles. The van der Waals surface area contributed by atoms with Crippen molar-refractivity contribution in [3.63, 3.8) is 0 Å². The number of Topliss-reactive ketones (excluding diaryl/α,β-unsaturated/α-hetero) is 1. The van der Waals surface area contributed by atoms with Crippen LogP contribution in [0.3, 0.4) is 0 Å². The van der Waals surface area contributed by atoms with E-state index in [-0.39, 0.29) is 5.78 Å². The number of benzene rings is 1. The first-order valence-electron chi connectivity index (χ1n) is 7.52. The van der Waals surface area contributed by atoms with E-state index in [0.29, 0.717) is 6.61 Å². The van der Waals surface area contributed by atoms with E-state index < -0.39 is 0 Å². The Morgan fingerprint density at radius 2 is 2.05 bits per heavy atom. The molecule has 0 fully saturated rings. The summed E-state index contributed by atoms with van der Waals surface area (Å²) in [5.41, 5.74) is 6.14. The molecule has 3 nitrogen and oxygen atoms in total. The average molecular weight is 269 g/mol. The van der Waals surface area contributed by atoms with Crippen LogP contribution >= 0.6 is 0 Å². The van der Waals surface area contributed by atoms with Gasteiger partial charge in [-0.3, -0.25) is 4.79 Å². The molecule has 3 aliphatic heterocycles. The van der Waals surface area contributed by atoms with E-state index in [9.17, 15) is 4.79 Å². The van der Waals surface area contributed by atoms with Crippen LogP contribution in [0.4, 0.5) is 5.69 Å². The van der Waals surface area contributed by atoms with Crippen LogP contribution in [0.5, 0.6) is 5.75 Å². The first kappa shape index (κ1) is 12.0. The van der Waals surface area contributed by atoms with Gasteiger partial charge in [0.1, 0.15) is 12.4 Å². The van der Waals surface area contributed by atoms with Gasteiger partial charge in [-0.15, -0.1) is 0 Å². The van der Waals surface area contributed by atoms with Crippen LogP contribution in [0.2, 0.25) is 0 Å². The Morgan fingerprint density at radius 3 is 2.85 bits per heavy atom. The van der Waals surface area contributed by atoms with Crippen molar-refractivity contribution in [3.05, 3.63) is 28.3 Å². The lowest BCUT2D eigenvalue weighted by atomic mass is 9.88. The molecular formula is C17H19NO2. The third-order valence-electron chi connectivity index (χ3n) is 4.66. The van der Waals surface area contributed by atoms with Crippen molar-refractivity contribution in [3.8, 4) is 5.75 Å². The molecule has 0 N–H and O–H groups in total. The highest BCUT2D eigenvalue weighted by Crippen LogP contribution is 2.44. The van der Waals surface area contributed by atoms with Gasteiger partial charge in [0.05, 0.1) is 0 Å². The van der Waals surface area contributed by atoms with Gasteiger partial charge in [-0.05, 0) is 50.3 Å². The highest BCUT2D eigenvalue weighted by atomic mass is 16.5. The molecule has 0 saturated heterocycles. The standard InChI is InChI=1S/C17H19NO2/c1-11(19)14-9-13-8-12-4-2-6-18-7-3-5-15(16(12)18)17(13)20-10-14/h8-9H,2-7,10H2,1H3. The Kier molecular flexibility index (Phi) is 2.62. The maximum atomic E-state index is 11.6. The quantitative estimate of drug-likeness (QED) is 0.785. The maximum Gasteiger partial charge on any atom is 0.159 e. The predicted octanol–water partition coefficient (Wildman–Crippen LogP) is 2.75. The molecule has 3 aliphatic rings. The number of ether oxygens (including phenoxy) is 1. The van der Waals surface area contributed by atoms with Gasteiger partial charge >= 0.3 is 0 Å². The van der Waals surface area contributed by atoms with Gasteiger partial charge in [0, 0.05) is 35.5 Å². The summed E-state index contributed by atoms with van der Waals surface area (Å²) in [6.07, 6.45) is 6.72. The minimum Gasteiger partial charge on any atom is -0.488 e. The zero-order chi connectivity index (χ0) is 13.7. The molecule has 0 spiro atoms. The minimum absolute atomic E-state index is 0.114. The van der Waals surface area contributed by atoms with Crippen molar-refractivity contribution in [2.75, 3.05) is 24.6 Å². The molecule has 104 valence electrons. The lowest BCUT2D eigenvalue weighted by Gasteiger charge is -2.38. The largest absolute Gasteiger partial charge is 0.488 e. The number of anilines is 1. The smallest absolute Gasteiger partial charge is 0.159 e. The van der Waals surface area contributed by atoms with Crippen molar-refractivity contribution in [2.45, 2.75) is 32.6 Å². The normalized spacial score (nSPS) is 19.6. The fraction of sp³-hybridized carbons (Fsp3) is 0.471. The second-order valence-corrected chi connectivity index (χ2v) is 5.99. The van der Waals surface area contributed by atoms with Crippen molar-refractivity contribution in [1.82, 2.24) is 0 Å². The van der Waals surface area contributed by atoms with Crippen molar-refractivity contribution in [1.29, 1.82) is 0 Å². The molecule has 4 rings (SSSR count). The van der Waals surface area contributed by atoms with Gasteiger partial charge in [-0.25, -0.2) is 0 Å². The summed E-state index contributed by atoms with van der Waals surface area (Å²) in [7, 11) is 0. The first-order valence-corrected chi connectivity index (χ1v) is 7.52. The zero-order valence-corrected chi connectivity index (χ0v) is 11.9. The summed E-state index contributed by atoms with van der Waals surface area (Å²) in [6.45, 7) is 4.39. The molecule has 0 radical (unpaired) electrons. The first-order chi connectivity index (χ1) is 9.74. The van der Waals surface area contributed by atoms with Crippen LogP contribution in [0.15, 0.2) is 11.6 Å². The molecule has 1 aromatic carbocycles. The summed E-state index contributed by atoms with van der Waals surface area (Å²) >= 11 is 0. The summed E-state index contributed by atoms with van der Waals surface area (Å²) in [5.74, 6) is 1.14. The van der Waals surface area contributed by atoms with Gasteiger partial charge in [0.25, 0.3) is 0 Å². The van der Waals surface area contributed by atoms with Gasteiger partial charge in [-0.2, -0.15) is 0 Å². The molecule has 0 unspecified atom stereocenters. The topological polar surface area (TPSA) is 29.5 Å². The van der Waals surface area contributed by atoms with Crippen molar-refractivity contribution < 1.29 is 9.53 Å². The number of ketones is 1. The number of hydrogen-bond donors (Lipinski definition) is 0. The molecule has 3 heterocycles. The average Bonchev–Trinajstić information content (AvgIpc) is 2.47. The van der Waals surface area contributed by atoms with E-state index in [4.69, 9.17) is 4.74 Å². The van der Waals surface area contributed by atoms with Crippen LogP contribution in [0.25, 0.3) is 6.08 Å². The third-order valence-corrected chi connectivity index (χ3v) is 4.66. The monoisotopic (exact) mass is 269 g/mol. The number of aryl methyl sites for hydroxylation is 1. The SMILES string of the molecule is CC(=O)C1=Cc2cc3c4c(c2OC1)CCCN4CCC3. The van der Waals surface area contributed by atoms with Gasteiger partial charge in [0.15, 0.2) is 5.78 Å². The number of hydrogen-bond acceptors (Lipinski definition) is 3. The molecule has 3 heteroatoms. The highest BCUT2D eigenvalue weighted by Gasteiger charge is 2.29. The third kappa shape index (κ3) is 1.69. The second kappa shape index (κ2) is 4.37. The van der Waals surface area contributed by atoms with E-state index in [1.807, 2.05) is 6.08 Å². The molecule has 0 saturated carbocycles. The van der Waals surface area contributed by atoms with Gasteiger partial charge < -0.3 is 9.64 Å². The molecule has 1 aromatic rings. The van der Waals surface area contributed by atoms with E-state index in [1.54, 1.807) is 6.92 Å². The molecular weight excluding hydrogens is 250 g/mol. The van der Waals surface area contributed by atoms with Gasteiger partial charge in [-0.1, -0.05) is 0 Å². The molecule has 0 aliphatic carbocycles. The molecule has 0 amide bonds. The number of fused-ring (bicyclic) bond motifs is 2. The Labute approximate surface area is 119 Å². The fourth-order valence-electron chi connectivity index (χ4n) is 3.72. The maximum absolute atomic E-state index is 11.6. The Balaban J connectivity index is 1.91. The lowest BCUT2D eigenvalue weighted by molar-refractivity contribution is -0.113. The Bertz CT molecular complexity index is 628. The molecule has 20 heavy (non-hydrogen) atoms. The molecule has 0 atom stereocenters. The second-order valence-electron chi connectivity index (χ2n) is 5.99. The Hall–Kier alpha value is -1.77. The zero-order valence-electron chi connectivity index (χ0n) is 11.9. The number of rotatable bonds is 1. The number of carbonyl (C=O) groups excluding carboxylic acids is 1. The van der Waals surface area contributed by atoms with Crippen LogP contribution < -0.4 is 9.64 Å². The van der Waals surface area contributed by atoms with Crippen LogP contribution in [-0.2, 0) is 17.6 Å². The number of nitrogens with zero attached hydrogens (tertiary/aromatic N) is 1. The Morgan fingerprint density at radius 1 is 1.25 bits per heavy atom. The lowest BCUT2D eigenvalue weighted by Crippen LogP contribution is -2.35. The van der Waals surface area contributed by atoms with Crippen molar-refractivity contribution in [2.24, 2.45) is 0 Å². The fourth-order valence-corrected chi connectivity index (χ4v) is 3.72. The summed E-state index contributed by atoms with van der Waals surface area (Å²) in [4.78, 5) is 14.1. The van der Waals surface area contributed by atoms with Crippen LogP contribution in [0.1, 0.15) is 36.5 Å². The van der Waals surface area contributed by atoms with E-state index in [2.05, 4.69) is 11.0 Å². The molecule has 0 bridgehead atoms. The summed E-state index contributed by atoms with van der Waals surface area (Å²) < 4.78 is 5.95. The number of carbonyl (C=O) groups is 1. The summed E-state index contributed by atoms with van der Waals surface area (Å²) in [6, 6.07) is 2.24.